The fourth-order valence-electron chi connectivity index (χ4n) is 0.903. The van der Waals surface area contributed by atoms with E-state index in [1.54, 1.807) is 6.08 Å². The Morgan fingerprint density at radius 3 is 1.85 bits per heavy atom. The lowest BCUT2D eigenvalue weighted by Gasteiger charge is -1.90. The van der Waals surface area contributed by atoms with Gasteiger partial charge in [0.15, 0.2) is 0 Å². The van der Waals surface area contributed by atoms with E-state index in [4.69, 9.17) is 5.41 Å². The van der Waals surface area contributed by atoms with Crippen molar-refractivity contribution in [2.45, 2.75) is 20.8 Å². The van der Waals surface area contributed by atoms with Crippen molar-refractivity contribution in [3.05, 3.63) is 47.5 Å². The predicted octanol–water partition coefficient (Wildman–Crippen LogP) is 3.52. The highest BCUT2D eigenvalue weighted by molar-refractivity contribution is 5.67. The van der Waals surface area contributed by atoms with Gasteiger partial charge >= 0.3 is 0 Å². The molecule has 0 radical (unpaired) electrons. The molecule has 0 heterocycles. The second kappa shape index (κ2) is 7.29. The number of nitrogens with one attached hydrogen (secondary N) is 1. The molecule has 0 spiro atoms. The molecule has 0 saturated carbocycles. The van der Waals surface area contributed by atoms with Gasteiger partial charge in [0.05, 0.1) is 0 Å². The van der Waals surface area contributed by atoms with Crippen molar-refractivity contribution in [1.29, 1.82) is 5.41 Å². The van der Waals surface area contributed by atoms with Gasteiger partial charge in [-0.3, -0.25) is 0 Å². The summed E-state index contributed by atoms with van der Waals surface area (Å²) in [7, 11) is 0. The van der Waals surface area contributed by atoms with Crippen LogP contribution in [0.5, 0.6) is 0 Å². The van der Waals surface area contributed by atoms with Crippen LogP contribution in [0.15, 0.2) is 36.4 Å². The highest BCUT2D eigenvalue weighted by Crippen LogP contribution is 2.00. The number of benzene rings is 1. The molecule has 1 N–H and O–H groups in total. The Morgan fingerprint density at radius 2 is 1.69 bits per heavy atom. The summed E-state index contributed by atoms with van der Waals surface area (Å²) in [6, 6.07) is 8.45. The molecule has 1 aromatic carbocycles. The quantitative estimate of drug-likeness (QED) is 0.631. The third kappa shape index (κ3) is 7.01. The smallest absolute Gasteiger partial charge is 0.0174 e. The van der Waals surface area contributed by atoms with Gasteiger partial charge in [0, 0.05) is 6.21 Å². The first-order valence-corrected chi connectivity index (χ1v) is 4.35. The van der Waals surface area contributed by atoms with Crippen LogP contribution in [0, 0.1) is 19.3 Å². The van der Waals surface area contributed by atoms with Crippen LogP contribution in [-0.2, 0) is 0 Å². The monoisotopic (exact) mass is 175 g/mol. The van der Waals surface area contributed by atoms with Crippen LogP contribution >= 0.6 is 0 Å². The van der Waals surface area contributed by atoms with E-state index in [2.05, 4.69) is 38.1 Å². The van der Waals surface area contributed by atoms with Gasteiger partial charge in [-0.05, 0) is 26.8 Å². The summed E-state index contributed by atoms with van der Waals surface area (Å²) < 4.78 is 0. The van der Waals surface area contributed by atoms with Crippen molar-refractivity contribution in [3.8, 4) is 0 Å². The molecule has 0 aromatic heterocycles. The normalized spacial score (nSPS) is 9.15. The maximum Gasteiger partial charge on any atom is 0.0174 e. The zero-order valence-corrected chi connectivity index (χ0v) is 8.54. The number of rotatable bonds is 1. The average Bonchev–Trinajstić information content (AvgIpc) is 2.06. The number of hydrogen-bond acceptors (Lipinski definition) is 1. The van der Waals surface area contributed by atoms with Crippen molar-refractivity contribution in [1.82, 2.24) is 0 Å². The first-order chi connectivity index (χ1) is 6.20. The van der Waals surface area contributed by atoms with E-state index in [1.807, 2.05) is 13.0 Å². The highest BCUT2D eigenvalue weighted by atomic mass is 14.3. The largest absolute Gasteiger partial charge is 0.309 e. The minimum atomic E-state index is 1.25. The number of aryl methyl sites for hydroxylation is 2. The van der Waals surface area contributed by atoms with Gasteiger partial charge in [0.2, 0.25) is 0 Å². The maximum absolute atomic E-state index is 6.39. The summed E-state index contributed by atoms with van der Waals surface area (Å²) in [6.45, 7) is 6.09. The number of hydrogen-bond donors (Lipinski definition) is 1. The highest BCUT2D eigenvalue weighted by Gasteiger charge is 1.80. The summed E-state index contributed by atoms with van der Waals surface area (Å²) in [4.78, 5) is 0. The summed E-state index contributed by atoms with van der Waals surface area (Å²) >= 11 is 0. The van der Waals surface area contributed by atoms with E-state index in [0.717, 1.165) is 0 Å². The zero-order valence-electron chi connectivity index (χ0n) is 8.54. The Kier molecular flexibility index (Phi) is 6.52. The first-order valence-electron chi connectivity index (χ1n) is 4.35. The Bertz CT molecular complexity index is 257. The lowest BCUT2D eigenvalue weighted by molar-refractivity contribution is 1.39. The van der Waals surface area contributed by atoms with Crippen molar-refractivity contribution < 1.29 is 0 Å². The molecule has 0 amide bonds. The predicted molar refractivity (Wildman–Crippen MR) is 59.5 cm³/mol. The molecule has 1 heteroatoms. The van der Waals surface area contributed by atoms with Crippen LogP contribution < -0.4 is 0 Å². The van der Waals surface area contributed by atoms with Gasteiger partial charge in [0.25, 0.3) is 0 Å². The molecule has 1 rings (SSSR count). The Morgan fingerprint density at radius 1 is 1.15 bits per heavy atom. The maximum atomic E-state index is 6.39. The average molecular weight is 175 g/mol. The molecule has 0 aliphatic heterocycles. The molecule has 0 aliphatic rings. The summed E-state index contributed by atoms with van der Waals surface area (Å²) in [5, 5.41) is 6.39. The van der Waals surface area contributed by atoms with E-state index >= 15 is 0 Å². The Hall–Kier alpha value is -1.37. The summed E-state index contributed by atoms with van der Waals surface area (Å²) in [5.74, 6) is 0. The molecular formula is C12H17N. The molecule has 0 unspecified atom stereocenters. The van der Waals surface area contributed by atoms with Crippen molar-refractivity contribution in [2.75, 3.05) is 0 Å². The standard InChI is InChI=1S/C8H10.C4H7N/c1-7-4-3-5-8(2)6-7;1-2-3-4-5/h3-6H,1-2H3;2-5H,1H3/b;3-2-,5-4?. The van der Waals surface area contributed by atoms with Crippen LogP contribution in [0.1, 0.15) is 18.1 Å². The van der Waals surface area contributed by atoms with Gasteiger partial charge in [0.1, 0.15) is 0 Å². The summed E-state index contributed by atoms with van der Waals surface area (Å²) in [6.07, 6.45) is 4.73. The van der Waals surface area contributed by atoms with E-state index in [1.165, 1.54) is 17.3 Å². The Balaban J connectivity index is 0.000000252. The van der Waals surface area contributed by atoms with Gasteiger partial charge in [-0.15, -0.1) is 0 Å². The second-order valence-corrected chi connectivity index (χ2v) is 2.85. The fraction of sp³-hybridized carbons (Fsp3) is 0.250. The van der Waals surface area contributed by atoms with Crippen LogP contribution in [-0.4, -0.2) is 6.21 Å². The van der Waals surface area contributed by atoms with E-state index in [9.17, 15) is 0 Å². The van der Waals surface area contributed by atoms with Gasteiger partial charge in [-0.1, -0.05) is 41.5 Å². The second-order valence-electron chi connectivity index (χ2n) is 2.85. The third-order valence-corrected chi connectivity index (χ3v) is 1.46. The van der Waals surface area contributed by atoms with Crippen LogP contribution in [0.2, 0.25) is 0 Å². The molecule has 0 aliphatic carbocycles. The van der Waals surface area contributed by atoms with E-state index in [0.29, 0.717) is 0 Å². The minimum Gasteiger partial charge on any atom is -0.309 e. The Labute approximate surface area is 80.6 Å². The molecular weight excluding hydrogens is 158 g/mol. The van der Waals surface area contributed by atoms with Crippen molar-refractivity contribution in [2.24, 2.45) is 0 Å². The molecule has 0 fully saturated rings. The van der Waals surface area contributed by atoms with Crippen LogP contribution in [0.25, 0.3) is 0 Å². The first kappa shape index (κ1) is 11.6. The lowest BCUT2D eigenvalue weighted by atomic mass is 10.2. The zero-order chi connectivity index (χ0) is 10.1. The van der Waals surface area contributed by atoms with Gasteiger partial charge in [-0.25, -0.2) is 0 Å². The SMILES string of the molecule is C/C=C\C=N.Cc1cccc(C)c1. The van der Waals surface area contributed by atoms with Crippen molar-refractivity contribution >= 4 is 6.21 Å². The van der Waals surface area contributed by atoms with Crippen LogP contribution in [0.4, 0.5) is 0 Å². The summed E-state index contributed by atoms with van der Waals surface area (Å²) in [5.41, 5.74) is 2.68. The minimum absolute atomic E-state index is 1.25. The lowest BCUT2D eigenvalue weighted by Crippen LogP contribution is -1.71. The van der Waals surface area contributed by atoms with Gasteiger partial charge < -0.3 is 5.41 Å². The topological polar surface area (TPSA) is 23.9 Å². The van der Waals surface area contributed by atoms with Gasteiger partial charge in [-0.2, -0.15) is 0 Å². The molecule has 13 heavy (non-hydrogen) atoms. The molecule has 0 atom stereocenters. The molecule has 1 aromatic rings. The number of allylic oxidation sites excluding steroid dienone is 2. The van der Waals surface area contributed by atoms with E-state index in [-0.39, 0.29) is 0 Å². The third-order valence-electron chi connectivity index (χ3n) is 1.46. The molecule has 0 bridgehead atoms. The van der Waals surface area contributed by atoms with Crippen LogP contribution in [0.3, 0.4) is 0 Å². The molecule has 1 nitrogen and oxygen atoms in total. The van der Waals surface area contributed by atoms with Crippen molar-refractivity contribution in [3.63, 3.8) is 0 Å². The molecule has 0 saturated heterocycles. The molecule has 70 valence electrons. The van der Waals surface area contributed by atoms with E-state index < -0.39 is 0 Å². The fourth-order valence-corrected chi connectivity index (χ4v) is 0.903.